The Kier molecular flexibility index (Phi) is 6.38. The van der Waals surface area contributed by atoms with Crippen LogP contribution in [-0.2, 0) is 4.28 Å². The number of anilines is 1. The van der Waals surface area contributed by atoms with Crippen LogP contribution < -0.4 is 20.4 Å². The Morgan fingerprint density at radius 2 is 2.24 bits per heavy atom. The molecule has 0 aliphatic heterocycles. The number of hydrogen-bond acceptors (Lipinski definition) is 8. The molecular formula is C16H17BrN4O2S2. The second kappa shape index (κ2) is 8.72. The molecule has 0 radical (unpaired) electrons. The van der Waals surface area contributed by atoms with E-state index in [-0.39, 0.29) is 5.76 Å². The molecule has 0 amide bonds. The molecule has 1 aromatic heterocycles. The van der Waals surface area contributed by atoms with Crippen LogP contribution in [0.15, 0.2) is 46.3 Å². The van der Waals surface area contributed by atoms with Gasteiger partial charge in [-0.1, -0.05) is 51.6 Å². The summed E-state index contributed by atoms with van der Waals surface area (Å²) in [5, 5.41) is 18.6. The maximum atomic E-state index is 10.0. The first-order valence-electron chi connectivity index (χ1n) is 7.53. The predicted octanol–water partition coefficient (Wildman–Crippen LogP) is 3.14. The lowest BCUT2D eigenvalue weighted by atomic mass is 10.2. The molecule has 9 heteroatoms. The van der Waals surface area contributed by atoms with Gasteiger partial charge < -0.3 is 5.11 Å². The molecule has 0 spiro atoms. The van der Waals surface area contributed by atoms with Crippen molar-refractivity contribution in [2.45, 2.75) is 19.3 Å². The van der Waals surface area contributed by atoms with E-state index in [9.17, 15) is 5.11 Å². The maximum absolute atomic E-state index is 10.0. The second-order valence-corrected chi connectivity index (χ2v) is 7.62. The average molecular weight is 441 g/mol. The summed E-state index contributed by atoms with van der Waals surface area (Å²) in [5.41, 5.74) is 3.85. The average Bonchev–Trinajstić information content (AvgIpc) is 2.83. The Balaban J connectivity index is 1.86. The maximum Gasteiger partial charge on any atom is 0.204 e. The summed E-state index contributed by atoms with van der Waals surface area (Å²) >= 11 is 5.70. The third-order valence-corrected chi connectivity index (χ3v) is 5.20. The lowest BCUT2D eigenvalue weighted by Crippen LogP contribution is -2.29. The zero-order valence-electron chi connectivity index (χ0n) is 13.2. The smallest absolute Gasteiger partial charge is 0.204 e. The van der Waals surface area contributed by atoms with Crippen LogP contribution in [0.2, 0.25) is 0 Å². The number of hydrogen-bond donors (Lipinski definition) is 3. The second-order valence-electron chi connectivity index (χ2n) is 5.23. The van der Waals surface area contributed by atoms with Gasteiger partial charge in [0.15, 0.2) is 0 Å². The summed E-state index contributed by atoms with van der Waals surface area (Å²) in [4.78, 5) is 4.59. The Morgan fingerprint density at radius 1 is 1.36 bits per heavy atom. The highest BCUT2D eigenvalue weighted by molar-refractivity contribution is 9.11. The van der Waals surface area contributed by atoms with E-state index < -0.39 is 0 Å². The van der Waals surface area contributed by atoms with Crippen molar-refractivity contribution in [3.05, 3.63) is 56.2 Å². The monoisotopic (exact) mass is 440 g/mol. The molecule has 132 valence electrons. The minimum absolute atomic E-state index is 0.224. The minimum atomic E-state index is 0.224. The molecule has 1 heterocycles. The summed E-state index contributed by atoms with van der Waals surface area (Å²) in [6.45, 7) is 0. The van der Waals surface area contributed by atoms with Gasteiger partial charge in [0, 0.05) is 6.42 Å². The van der Waals surface area contributed by atoms with Crippen molar-refractivity contribution in [2.75, 3.05) is 5.43 Å². The molecule has 0 atom stereocenters. The van der Waals surface area contributed by atoms with E-state index in [0.717, 1.165) is 38.7 Å². The normalized spacial score (nSPS) is 23.0. The SMILES string of the molecule is NSON(Nc1nc2c(s1)=CC=CCC=2)/C1=C/C/C(Br)=C\C=C(\O)C1. The number of nitrogens with two attached hydrogens (primary N) is 1. The van der Waals surface area contributed by atoms with Gasteiger partial charge in [-0.05, 0) is 35.6 Å². The predicted molar refractivity (Wildman–Crippen MR) is 107 cm³/mol. The van der Waals surface area contributed by atoms with Crippen molar-refractivity contribution < 1.29 is 9.39 Å². The highest BCUT2D eigenvalue weighted by Gasteiger charge is 2.16. The van der Waals surface area contributed by atoms with E-state index >= 15 is 0 Å². The van der Waals surface area contributed by atoms with E-state index in [1.807, 2.05) is 24.3 Å². The fraction of sp³-hybridized carbons (Fsp3) is 0.188. The number of aliphatic hydroxyl groups excluding tert-OH is 1. The fourth-order valence-electron chi connectivity index (χ4n) is 2.28. The zero-order valence-corrected chi connectivity index (χ0v) is 16.4. The summed E-state index contributed by atoms with van der Waals surface area (Å²) < 4.78 is 7.46. The van der Waals surface area contributed by atoms with Gasteiger partial charge in [0.2, 0.25) is 5.13 Å². The Bertz CT molecular complexity index is 873. The Hall–Kier alpha value is -1.52. The highest BCUT2D eigenvalue weighted by Crippen LogP contribution is 2.24. The van der Waals surface area contributed by atoms with E-state index in [1.165, 1.54) is 16.5 Å². The lowest BCUT2D eigenvalue weighted by Gasteiger charge is -2.24. The molecule has 0 unspecified atom stereocenters. The molecule has 0 bridgehead atoms. The molecule has 4 N–H and O–H groups in total. The number of fused-ring (bicyclic) bond motifs is 1. The molecule has 2 aliphatic carbocycles. The highest BCUT2D eigenvalue weighted by atomic mass is 79.9. The molecule has 3 rings (SSSR count). The molecular weight excluding hydrogens is 424 g/mol. The minimum Gasteiger partial charge on any atom is -0.512 e. The number of hydrazine groups is 1. The number of allylic oxidation sites excluding steroid dienone is 6. The van der Waals surface area contributed by atoms with Crippen LogP contribution in [-0.4, -0.2) is 15.3 Å². The van der Waals surface area contributed by atoms with Gasteiger partial charge in [0.05, 0.1) is 21.3 Å². The van der Waals surface area contributed by atoms with Crippen molar-refractivity contribution in [2.24, 2.45) is 5.14 Å². The number of hydroxylamine groups is 1. The van der Waals surface area contributed by atoms with Crippen molar-refractivity contribution in [1.82, 2.24) is 10.2 Å². The van der Waals surface area contributed by atoms with E-state index in [2.05, 4.69) is 38.5 Å². The number of halogens is 1. The van der Waals surface area contributed by atoms with Gasteiger partial charge in [-0.25, -0.2) is 10.4 Å². The van der Waals surface area contributed by atoms with Crippen LogP contribution in [0.4, 0.5) is 5.13 Å². The molecule has 25 heavy (non-hydrogen) atoms. The van der Waals surface area contributed by atoms with Crippen LogP contribution in [0, 0.1) is 0 Å². The summed E-state index contributed by atoms with van der Waals surface area (Å²) in [5.74, 6) is 0.224. The van der Waals surface area contributed by atoms with Crippen molar-refractivity contribution >= 4 is 56.8 Å². The van der Waals surface area contributed by atoms with E-state index in [4.69, 9.17) is 9.42 Å². The van der Waals surface area contributed by atoms with Gasteiger partial charge in [-0.2, -0.15) is 4.28 Å². The summed E-state index contributed by atoms with van der Waals surface area (Å²) in [6, 6.07) is 0. The van der Waals surface area contributed by atoms with Crippen molar-refractivity contribution in [3.63, 3.8) is 0 Å². The molecule has 1 aromatic rings. The number of nitrogens with zero attached hydrogens (tertiary/aromatic N) is 2. The van der Waals surface area contributed by atoms with Crippen LogP contribution in [0.3, 0.4) is 0 Å². The zero-order chi connectivity index (χ0) is 17.6. The summed E-state index contributed by atoms with van der Waals surface area (Å²) in [6.07, 6.45) is 15.5. The number of rotatable bonds is 5. The molecule has 0 fully saturated rings. The molecule has 2 aliphatic rings. The first-order valence-corrected chi connectivity index (χ1v) is 9.94. The first kappa shape index (κ1) is 18.3. The largest absolute Gasteiger partial charge is 0.512 e. The molecule has 6 nitrogen and oxygen atoms in total. The Morgan fingerprint density at radius 3 is 3.08 bits per heavy atom. The Labute approximate surface area is 162 Å². The molecule has 0 saturated carbocycles. The fourth-order valence-corrected chi connectivity index (χ4v) is 3.65. The van der Waals surface area contributed by atoms with Gasteiger partial charge in [-0.15, -0.1) is 5.17 Å². The van der Waals surface area contributed by atoms with E-state index in [0.29, 0.717) is 18.0 Å². The van der Waals surface area contributed by atoms with Crippen LogP contribution in [0.25, 0.3) is 12.2 Å². The number of nitrogens with one attached hydrogen (secondary N) is 1. The topological polar surface area (TPSA) is 83.6 Å². The quantitative estimate of drug-likeness (QED) is 0.368. The number of aliphatic hydroxyl groups is 1. The third kappa shape index (κ3) is 4.99. The first-order chi connectivity index (χ1) is 12.2. The van der Waals surface area contributed by atoms with E-state index in [1.54, 1.807) is 6.08 Å². The van der Waals surface area contributed by atoms with Crippen LogP contribution in [0.5, 0.6) is 0 Å². The molecule has 0 aromatic carbocycles. The number of thiazole rings is 1. The van der Waals surface area contributed by atoms with Gasteiger partial charge in [0.1, 0.15) is 12.2 Å². The molecule has 0 saturated heterocycles. The van der Waals surface area contributed by atoms with Gasteiger partial charge >= 0.3 is 0 Å². The standard InChI is InChI=1S/C16H17BrN4O2S2/c17-11-6-8-12(10-13(22)9-7-11)21(23-25-18)20-16-19-14-4-2-1-3-5-15(14)24-16/h1,3-5,7-9,22H,2,6,10,18H2,(H,19,20)/b11-7+,12-8+,13-9+. The van der Waals surface area contributed by atoms with Crippen LogP contribution in [0.1, 0.15) is 19.3 Å². The lowest BCUT2D eigenvalue weighted by molar-refractivity contribution is 0.0263. The summed E-state index contributed by atoms with van der Waals surface area (Å²) in [7, 11) is 0. The van der Waals surface area contributed by atoms with Gasteiger partial charge in [-0.3, -0.25) is 5.14 Å². The van der Waals surface area contributed by atoms with Crippen molar-refractivity contribution in [3.8, 4) is 0 Å². The number of aromatic nitrogens is 1. The third-order valence-electron chi connectivity index (χ3n) is 3.44. The van der Waals surface area contributed by atoms with Crippen LogP contribution >= 0.6 is 39.5 Å². The van der Waals surface area contributed by atoms with Gasteiger partial charge in [0.25, 0.3) is 0 Å². The van der Waals surface area contributed by atoms with Crippen molar-refractivity contribution in [1.29, 1.82) is 0 Å².